The molecule has 0 spiro atoms. The second-order valence-electron chi connectivity index (χ2n) is 7.81. The van der Waals surface area contributed by atoms with Crippen molar-refractivity contribution in [1.82, 2.24) is 10.6 Å². The molecule has 0 aliphatic rings. The smallest absolute Gasteiger partial charge is 0.408 e. The molecule has 8 nitrogen and oxygen atoms in total. The van der Waals surface area contributed by atoms with Crippen LogP contribution in [0.3, 0.4) is 0 Å². The number of carboxylic acids is 1. The van der Waals surface area contributed by atoms with Gasteiger partial charge in [-0.15, -0.1) is 0 Å². The first-order valence-corrected chi connectivity index (χ1v) is 8.59. The third kappa shape index (κ3) is 9.48. The number of nitrogens with one attached hydrogen (secondary N) is 2. The molecule has 0 aliphatic carbocycles. The fourth-order valence-electron chi connectivity index (χ4n) is 2.25. The summed E-state index contributed by atoms with van der Waals surface area (Å²) in [5.74, 6) is -1.23. The Bertz CT molecular complexity index is 652. The molecular weight excluding hydrogens is 352 g/mol. The van der Waals surface area contributed by atoms with E-state index in [9.17, 15) is 19.5 Å². The number of carbonyl (C=O) groups excluding carboxylic acids is 2. The lowest BCUT2D eigenvalue weighted by Gasteiger charge is -2.30. The number of rotatable bonds is 7. The van der Waals surface area contributed by atoms with Crippen LogP contribution in [0.4, 0.5) is 9.59 Å². The van der Waals surface area contributed by atoms with E-state index in [1.807, 2.05) is 18.2 Å². The van der Waals surface area contributed by atoms with Crippen LogP contribution in [0.1, 0.15) is 46.6 Å². The highest BCUT2D eigenvalue weighted by Crippen LogP contribution is 2.15. The molecular formula is C19H28N2O6. The molecule has 1 aromatic carbocycles. The molecule has 0 saturated carbocycles. The summed E-state index contributed by atoms with van der Waals surface area (Å²) in [4.78, 5) is 35.3. The average Bonchev–Trinajstić information content (AvgIpc) is 2.50. The van der Waals surface area contributed by atoms with Crippen molar-refractivity contribution in [2.45, 2.75) is 64.8 Å². The number of hydrogen-bond donors (Lipinski definition) is 3. The molecule has 1 aromatic rings. The van der Waals surface area contributed by atoms with Gasteiger partial charge in [0, 0.05) is 12.0 Å². The third-order valence-electron chi connectivity index (χ3n) is 3.36. The molecule has 0 bridgehead atoms. The Labute approximate surface area is 159 Å². The summed E-state index contributed by atoms with van der Waals surface area (Å²) in [5, 5.41) is 14.3. The highest BCUT2D eigenvalue weighted by molar-refractivity contribution is 5.80. The van der Waals surface area contributed by atoms with Crippen LogP contribution in [0.15, 0.2) is 30.3 Å². The minimum atomic E-state index is -1.24. The molecule has 8 heteroatoms. The number of amides is 2. The van der Waals surface area contributed by atoms with E-state index in [1.54, 1.807) is 46.8 Å². The van der Waals surface area contributed by atoms with Gasteiger partial charge in [-0.1, -0.05) is 30.3 Å². The van der Waals surface area contributed by atoms with E-state index in [1.165, 1.54) is 0 Å². The van der Waals surface area contributed by atoms with Gasteiger partial charge >= 0.3 is 18.2 Å². The summed E-state index contributed by atoms with van der Waals surface area (Å²) in [7, 11) is 0. The molecule has 150 valence electrons. The van der Waals surface area contributed by atoms with Gasteiger partial charge < -0.3 is 25.2 Å². The number of carboxylic acid groups (broad SMARTS) is 1. The average molecular weight is 380 g/mol. The van der Waals surface area contributed by atoms with E-state index in [2.05, 4.69) is 10.6 Å². The minimum Gasteiger partial charge on any atom is -0.480 e. The molecule has 0 aromatic heterocycles. The molecule has 0 radical (unpaired) electrons. The Balaban J connectivity index is 2.60. The number of hydrogen-bond acceptors (Lipinski definition) is 5. The Morgan fingerprint density at radius 1 is 1.04 bits per heavy atom. The molecule has 27 heavy (non-hydrogen) atoms. The highest BCUT2D eigenvalue weighted by Gasteiger charge is 2.32. The Hall–Kier alpha value is -2.77. The Morgan fingerprint density at radius 3 is 2.15 bits per heavy atom. The SMILES string of the molecule is CC(C)(CC(NC(=O)OCc1ccccc1)C(=O)O)NC(=O)OC(C)(C)C. The second-order valence-corrected chi connectivity index (χ2v) is 7.81. The molecule has 0 saturated heterocycles. The summed E-state index contributed by atoms with van der Waals surface area (Å²) in [6.07, 6.45) is -1.57. The van der Waals surface area contributed by atoms with Gasteiger partial charge in [0.25, 0.3) is 0 Å². The zero-order valence-electron chi connectivity index (χ0n) is 16.4. The maximum atomic E-state index is 11.9. The maximum absolute atomic E-state index is 11.9. The van der Waals surface area contributed by atoms with Crippen LogP contribution in [-0.4, -0.2) is 40.4 Å². The fraction of sp³-hybridized carbons (Fsp3) is 0.526. The maximum Gasteiger partial charge on any atom is 0.408 e. The lowest BCUT2D eigenvalue weighted by molar-refractivity contribution is -0.140. The Kier molecular flexibility index (Phi) is 7.63. The summed E-state index contributed by atoms with van der Waals surface area (Å²) < 4.78 is 10.2. The van der Waals surface area contributed by atoms with Crippen molar-refractivity contribution >= 4 is 18.2 Å². The molecule has 0 aliphatic heterocycles. The van der Waals surface area contributed by atoms with Crippen molar-refractivity contribution < 1.29 is 29.0 Å². The van der Waals surface area contributed by atoms with Crippen molar-refractivity contribution in [1.29, 1.82) is 0 Å². The van der Waals surface area contributed by atoms with Gasteiger partial charge in [-0.25, -0.2) is 14.4 Å². The van der Waals surface area contributed by atoms with Gasteiger partial charge in [0.1, 0.15) is 18.2 Å². The quantitative estimate of drug-likeness (QED) is 0.670. The van der Waals surface area contributed by atoms with Crippen molar-refractivity contribution in [3.8, 4) is 0 Å². The number of aliphatic carboxylic acids is 1. The van der Waals surface area contributed by atoms with Crippen LogP contribution in [0.25, 0.3) is 0 Å². The van der Waals surface area contributed by atoms with E-state index >= 15 is 0 Å². The number of benzene rings is 1. The molecule has 3 N–H and O–H groups in total. The monoisotopic (exact) mass is 380 g/mol. The highest BCUT2D eigenvalue weighted by atomic mass is 16.6. The first kappa shape index (κ1) is 22.3. The predicted molar refractivity (Wildman–Crippen MR) is 99.3 cm³/mol. The summed E-state index contributed by atoms with van der Waals surface area (Å²) >= 11 is 0. The molecule has 0 fully saturated rings. The lowest BCUT2D eigenvalue weighted by Crippen LogP contribution is -2.52. The van der Waals surface area contributed by atoms with Crippen molar-refractivity contribution in [3.05, 3.63) is 35.9 Å². The van der Waals surface area contributed by atoms with Gasteiger partial charge in [-0.2, -0.15) is 0 Å². The van der Waals surface area contributed by atoms with Crippen LogP contribution in [-0.2, 0) is 20.9 Å². The fourth-order valence-corrected chi connectivity index (χ4v) is 2.25. The zero-order chi connectivity index (χ0) is 20.7. The van der Waals surface area contributed by atoms with Crippen LogP contribution in [0.5, 0.6) is 0 Å². The first-order valence-electron chi connectivity index (χ1n) is 8.59. The normalized spacial score (nSPS) is 12.6. The van der Waals surface area contributed by atoms with E-state index in [0.29, 0.717) is 0 Å². The van der Waals surface area contributed by atoms with Gasteiger partial charge in [-0.05, 0) is 40.2 Å². The predicted octanol–water partition coefficient (Wildman–Crippen LogP) is 3.06. The minimum absolute atomic E-state index is 0.0264. The summed E-state index contributed by atoms with van der Waals surface area (Å²) in [6.45, 7) is 8.49. The standard InChI is InChI=1S/C19H28N2O6/c1-18(2,3)27-17(25)21-19(4,5)11-14(15(22)23)20-16(24)26-12-13-9-7-6-8-10-13/h6-10,14H,11-12H2,1-5H3,(H,20,24)(H,21,25)(H,22,23). The third-order valence-corrected chi connectivity index (χ3v) is 3.36. The number of carbonyl (C=O) groups is 3. The topological polar surface area (TPSA) is 114 Å². The van der Waals surface area contributed by atoms with Crippen LogP contribution >= 0.6 is 0 Å². The van der Waals surface area contributed by atoms with E-state index in [0.717, 1.165) is 5.56 Å². The summed E-state index contributed by atoms with van der Waals surface area (Å²) in [5.41, 5.74) is -0.823. The zero-order valence-corrected chi connectivity index (χ0v) is 16.4. The number of alkyl carbamates (subject to hydrolysis) is 2. The second kappa shape index (κ2) is 9.25. The van der Waals surface area contributed by atoms with Crippen molar-refractivity contribution in [2.75, 3.05) is 0 Å². The molecule has 1 rings (SSSR count). The molecule has 0 heterocycles. The van der Waals surface area contributed by atoms with E-state index < -0.39 is 35.3 Å². The number of ether oxygens (including phenoxy) is 2. The van der Waals surface area contributed by atoms with Gasteiger partial charge in [0.15, 0.2) is 0 Å². The van der Waals surface area contributed by atoms with Crippen LogP contribution in [0.2, 0.25) is 0 Å². The van der Waals surface area contributed by atoms with Crippen LogP contribution < -0.4 is 10.6 Å². The van der Waals surface area contributed by atoms with E-state index in [4.69, 9.17) is 9.47 Å². The first-order chi connectivity index (χ1) is 12.4. The van der Waals surface area contributed by atoms with Gasteiger partial charge in [0.05, 0.1) is 0 Å². The van der Waals surface area contributed by atoms with Crippen LogP contribution in [0, 0.1) is 0 Å². The molecule has 2 amide bonds. The van der Waals surface area contributed by atoms with Crippen molar-refractivity contribution in [2.24, 2.45) is 0 Å². The molecule has 1 atom stereocenters. The lowest BCUT2D eigenvalue weighted by atomic mass is 9.95. The molecule has 1 unspecified atom stereocenters. The summed E-state index contributed by atoms with van der Waals surface area (Å²) in [6, 6.07) is 7.79. The largest absolute Gasteiger partial charge is 0.480 e. The van der Waals surface area contributed by atoms with Gasteiger partial charge in [-0.3, -0.25) is 0 Å². The Morgan fingerprint density at radius 2 is 1.63 bits per heavy atom. The van der Waals surface area contributed by atoms with Gasteiger partial charge in [0.2, 0.25) is 0 Å². The van der Waals surface area contributed by atoms with Crippen molar-refractivity contribution in [3.63, 3.8) is 0 Å². The van der Waals surface area contributed by atoms with E-state index in [-0.39, 0.29) is 13.0 Å².